The fourth-order valence-corrected chi connectivity index (χ4v) is 2.94. The van der Waals surface area contributed by atoms with Gasteiger partial charge in [0, 0.05) is 34.1 Å². The summed E-state index contributed by atoms with van der Waals surface area (Å²) in [6, 6.07) is 6.05. The molecule has 3 heteroatoms. The van der Waals surface area contributed by atoms with E-state index in [4.69, 9.17) is 17.3 Å². The Labute approximate surface area is 99.8 Å². The van der Waals surface area contributed by atoms with E-state index in [-0.39, 0.29) is 0 Å². The second kappa shape index (κ2) is 3.79. The maximum atomic E-state index is 6.05. The predicted octanol–water partition coefficient (Wildman–Crippen LogP) is 3.20. The summed E-state index contributed by atoms with van der Waals surface area (Å²) < 4.78 is 0. The van der Waals surface area contributed by atoms with Crippen LogP contribution < -0.4 is 5.73 Å². The first-order valence-corrected chi connectivity index (χ1v) is 6.17. The van der Waals surface area contributed by atoms with Crippen molar-refractivity contribution in [3.05, 3.63) is 34.5 Å². The molecule has 0 bridgehead atoms. The van der Waals surface area contributed by atoms with Crippen LogP contribution in [-0.2, 0) is 6.42 Å². The van der Waals surface area contributed by atoms with E-state index >= 15 is 0 Å². The molecule has 16 heavy (non-hydrogen) atoms. The minimum Gasteiger partial charge on any atom is -0.358 e. The van der Waals surface area contributed by atoms with E-state index in [1.165, 1.54) is 35.0 Å². The Hall–Kier alpha value is -0.990. The number of aromatic nitrogens is 1. The van der Waals surface area contributed by atoms with Crippen LogP contribution >= 0.6 is 11.6 Å². The molecule has 0 amide bonds. The van der Waals surface area contributed by atoms with Crippen LogP contribution in [0.3, 0.4) is 0 Å². The summed E-state index contributed by atoms with van der Waals surface area (Å²) in [6.45, 7) is 0.730. The second-order valence-corrected chi connectivity index (χ2v) is 4.97. The largest absolute Gasteiger partial charge is 0.358 e. The van der Waals surface area contributed by atoms with Crippen molar-refractivity contribution in [2.45, 2.75) is 25.2 Å². The molecule has 84 valence electrons. The van der Waals surface area contributed by atoms with Gasteiger partial charge < -0.3 is 10.7 Å². The van der Waals surface area contributed by atoms with Gasteiger partial charge >= 0.3 is 0 Å². The van der Waals surface area contributed by atoms with Crippen LogP contribution in [0.1, 0.15) is 30.0 Å². The molecule has 0 spiro atoms. The number of rotatable bonds is 1. The molecule has 3 rings (SSSR count). The summed E-state index contributed by atoms with van der Waals surface area (Å²) in [6.07, 6.45) is 3.57. The fraction of sp³-hybridized carbons (Fsp3) is 0.385. The zero-order valence-corrected chi connectivity index (χ0v) is 9.85. The van der Waals surface area contributed by atoms with Crippen LogP contribution in [0.15, 0.2) is 18.2 Å². The van der Waals surface area contributed by atoms with Crippen molar-refractivity contribution < 1.29 is 0 Å². The minimum absolute atomic E-state index is 0.495. The van der Waals surface area contributed by atoms with Crippen molar-refractivity contribution >= 4 is 22.5 Å². The van der Waals surface area contributed by atoms with Gasteiger partial charge in [0.05, 0.1) is 0 Å². The molecule has 2 aromatic rings. The van der Waals surface area contributed by atoms with Crippen LogP contribution in [0.4, 0.5) is 0 Å². The van der Waals surface area contributed by atoms with Gasteiger partial charge in [0.15, 0.2) is 0 Å². The molecule has 0 radical (unpaired) electrons. The second-order valence-electron chi connectivity index (χ2n) is 4.53. The van der Waals surface area contributed by atoms with Gasteiger partial charge in [-0.25, -0.2) is 0 Å². The lowest BCUT2D eigenvalue weighted by molar-refractivity contribution is 0.553. The molecule has 1 atom stereocenters. The summed E-state index contributed by atoms with van der Waals surface area (Å²) in [7, 11) is 0. The summed E-state index contributed by atoms with van der Waals surface area (Å²) in [5, 5.41) is 2.09. The number of aryl methyl sites for hydroxylation is 1. The average molecular weight is 235 g/mol. The molecule has 0 saturated heterocycles. The highest BCUT2D eigenvalue weighted by Gasteiger charge is 2.22. The zero-order valence-electron chi connectivity index (χ0n) is 9.09. The van der Waals surface area contributed by atoms with Gasteiger partial charge in [-0.15, -0.1) is 0 Å². The molecular formula is C13H15ClN2. The molecule has 0 aliphatic heterocycles. The molecular weight excluding hydrogens is 220 g/mol. The minimum atomic E-state index is 0.495. The van der Waals surface area contributed by atoms with Crippen LogP contribution in [0.5, 0.6) is 0 Å². The Morgan fingerprint density at radius 3 is 3.12 bits per heavy atom. The van der Waals surface area contributed by atoms with Crippen LogP contribution in [0, 0.1) is 0 Å². The smallest absolute Gasteiger partial charge is 0.0460 e. The Kier molecular flexibility index (Phi) is 2.41. The molecule has 1 aliphatic carbocycles. The van der Waals surface area contributed by atoms with Crippen molar-refractivity contribution in [2.75, 3.05) is 6.54 Å². The van der Waals surface area contributed by atoms with E-state index in [0.29, 0.717) is 5.92 Å². The van der Waals surface area contributed by atoms with E-state index in [1.807, 2.05) is 6.07 Å². The number of hydrogen-bond acceptors (Lipinski definition) is 1. The molecule has 1 aromatic heterocycles. The van der Waals surface area contributed by atoms with Crippen molar-refractivity contribution in [1.29, 1.82) is 0 Å². The van der Waals surface area contributed by atoms with Crippen molar-refractivity contribution in [3.63, 3.8) is 0 Å². The number of halogens is 1. The lowest BCUT2D eigenvalue weighted by Gasteiger charge is -2.20. The van der Waals surface area contributed by atoms with E-state index in [0.717, 1.165) is 18.0 Å². The van der Waals surface area contributed by atoms with Crippen LogP contribution in [0.25, 0.3) is 10.9 Å². The Morgan fingerprint density at radius 1 is 1.44 bits per heavy atom. The van der Waals surface area contributed by atoms with Crippen LogP contribution in [0.2, 0.25) is 5.02 Å². The monoisotopic (exact) mass is 234 g/mol. The predicted molar refractivity (Wildman–Crippen MR) is 68.0 cm³/mol. The Morgan fingerprint density at radius 2 is 2.31 bits per heavy atom. The first-order valence-electron chi connectivity index (χ1n) is 5.79. The first-order chi connectivity index (χ1) is 7.79. The summed E-state index contributed by atoms with van der Waals surface area (Å²) >= 11 is 6.05. The lowest BCUT2D eigenvalue weighted by Crippen LogP contribution is -2.17. The standard InChI is InChI=1S/C13H15ClN2/c14-9-4-5-12-11(6-9)10-3-1-2-8(7-15)13(10)16-12/h4-6,8,16H,1-3,7,15H2/t8-/m1/s1. The number of aromatic amines is 1. The Balaban J connectivity index is 2.24. The number of nitrogens with one attached hydrogen (secondary N) is 1. The quantitative estimate of drug-likeness (QED) is 0.782. The summed E-state index contributed by atoms with van der Waals surface area (Å²) in [5.74, 6) is 0.495. The summed E-state index contributed by atoms with van der Waals surface area (Å²) in [4.78, 5) is 3.51. The van der Waals surface area contributed by atoms with Gasteiger partial charge in [-0.1, -0.05) is 11.6 Å². The van der Waals surface area contributed by atoms with Crippen molar-refractivity contribution in [1.82, 2.24) is 4.98 Å². The topological polar surface area (TPSA) is 41.8 Å². The highest BCUT2D eigenvalue weighted by Crippen LogP contribution is 2.36. The maximum Gasteiger partial charge on any atom is 0.0460 e. The first kappa shape index (κ1) is 10.2. The average Bonchev–Trinajstić information content (AvgIpc) is 2.67. The lowest BCUT2D eigenvalue weighted by atomic mass is 9.87. The number of fused-ring (bicyclic) bond motifs is 3. The fourth-order valence-electron chi connectivity index (χ4n) is 2.76. The van der Waals surface area contributed by atoms with Gasteiger partial charge in [0.1, 0.15) is 0 Å². The maximum absolute atomic E-state index is 6.05. The zero-order chi connectivity index (χ0) is 11.1. The molecule has 0 unspecified atom stereocenters. The third kappa shape index (κ3) is 1.45. The third-order valence-electron chi connectivity index (χ3n) is 3.57. The summed E-state index contributed by atoms with van der Waals surface area (Å²) in [5.41, 5.74) is 9.78. The third-order valence-corrected chi connectivity index (χ3v) is 3.81. The van der Waals surface area contributed by atoms with Crippen LogP contribution in [-0.4, -0.2) is 11.5 Å². The van der Waals surface area contributed by atoms with E-state index in [2.05, 4.69) is 17.1 Å². The normalized spacial score (nSPS) is 20.0. The number of nitrogens with two attached hydrogens (primary N) is 1. The van der Waals surface area contributed by atoms with Gasteiger partial charge in [-0.05, 0) is 43.0 Å². The molecule has 0 fully saturated rings. The highest BCUT2D eigenvalue weighted by atomic mass is 35.5. The molecule has 1 aromatic carbocycles. The number of H-pyrrole nitrogens is 1. The molecule has 2 nitrogen and oxygen atoms in total. The van der Waals surface area contributed by atoms with Gasteiger partial charge in [-0.2, -0.15) is 0 Å². The number of hydrogen-bond donors (Lipinski definition) is 2. The Bertz CT molecular complexity index is 530. The molecule has 3 N–H and O–H groups in total. The van der Waals surface area contributed by atoms with Gasteiger partial charge in [0.2, 0.25) is 0 Å². The van der Waals surface area contributed by atoms with Crippen molar-refractivity contribution in [3.8, 4) is 0 Å². The molecule has 0 saturated carbocycles. The molecule has 1 aliphatic rings. The van der Waals surface area contributed by atoms with E-state index < -0.39 is 0 Å². The number of benzene rings is 1. The SMILES string of the molecule is NC[C@H]1CCCc2c1[nH]c1ccc(Cl)cc21. The van der Waals surface area contributed by atoms with Gasteiger partial charge in [-0.3, -0.25) is 0 Å². The molecule has 1 heterocycles. The highest BCUT2D eigenvalue weighted by molar-refractivity contribution is 6.31. The van der Waals surface area contributed by atoms with Gasteiger partial charge in [0.25, 0.3) is 0 Å². The van der Waals surface area contributed by atoms with E-state index in [9.17, 15) is 0 Å². The van der Waals surface area contributed by atoms with Crippen molar-refractivity contribution in [2.24, 2.45) is 5.73 Å². The van der Waals surface area contributed by atoms with E-state index in [1.54, 1.807) is 0 Å².